The van der Waals surface area contributed by atoms with Crippen molar-refractivity contribution in [2.45, 2.75) is 19.8 Å². The van der Waals surface area contributed by atoms with Crippen molar-refractivity contribution in [2.75, 3.05) is 0 Å². The lowest BCUT2D eigenvalue weighted by Crippen LogP contribution is -2.09. The van der Waals surface area contributed by atoms with Gasteiger partial charge in [-0.2, -0.15) is 0 Å². The maximum atomic E-state index is 11.1. The zero-order valence-corrected chi connectivity index (χ0v) is 8.66. The number of imidazole rings is 1. The largest absolute Gasteiger partial charge is 0.338 e. The van der Waals surface area contributed by atoms with E-state index in [2.05, 4.69) is 19.9 Å². The van der Waals surface area contributed by atoms with E-state index in [1.54, 1.807) is 0 Å². The first-order valence-corrected chi connectivity index (χ1v) is 4.71. The second kappa shape index (κ2) is 3.06. The van der Waals surface area contributed by atoms with Crippen molar-refractivity contribution >= 4 is 23.4 Å². The molecule has 6 heteroatoms. The molecule has 5 nitrogen and oxygen atoms in total. The molecule has 2 rings (SSSR count). The molecule has 2 heterocycles. The quantitative estimate of drug-likeness (QED) is 0.623. The molecule has 0 fully saturated rings. The molecule has 2 aromatic rings. The number of aromatic nitrogens is 4. The first-order chi connectivity index (χ1) is 6.58. The Labute approximate surface area is 84.6 Å². The van der Waals surface area contributed by atoms with Gasteiger partial charge in [-0.3, -0.25) is 9.97 Å². The van der Waals surface area contributed by atoms with Crippen molar-refractivity contribution in [1.29, 1.82) is 0 Å². The minimum atomic E-state index is -0.329. The molecular formula is C8H10N4OS. The van der Waals surface area contributed by atoms with E-state index in [0.29, 0.717) is 15.8 Å². The van der Waals surface area contributed by atoms with E-state index in [4.69, 9.17) is 12.2 Å². The van der Waals surface area contributed by atoms with Gasteiger partial charge >= 0.3 is 5.69 Å². The summed E-state index contributed by atoms with van der Waals surface area (Å²) < 4.78 is 0.392. The van der Waals surface area contributed by atoms with Crippen LogP contribution in [-0.2, 0) is 0 Å². The molecule has 74 valence electrons. The molecule has 0 aliphatic rings. The van der Waals surface area contributed by atoms with E-state index >= 15 is 0 Å². The van der Waals surface area contributed by atoms with Crippen molar-refractivity contribution in [1.82, 2.24) is 19.9 Å². The number of fused-ring (bicyclic) bond motifs is 1. The first-order valence-electron chi connectivity index (χ1n) is 4.30. The Hall–Kier alpha value is -1.43. The van der Waals surface area contributed by atoms with Gasteiger partial charge in [0.2, 0.25) is 0 Å². The molecule has 14 heavy (non-hydrogen) atoms. The Morgan fingerprint density at radius 3 is 2.64 bits per heavy atom. The Bertz CT molecular complexity index is 577. The SMILES string of the molecule is CC(C)c1nc2[nH]c(=O)[nH]c(=S)c2[nH]1. The van der Waals surface area contributed by atoms with Crippen LogP contribution in [0.15, 0.2) is 4.79 Å². The van der Waals surface area contributed by atoms with Gasteiger partial charge in [-0.05, 0) is 0 Å². The van der Waals surface area contributed by atoms with Crippen LogP contribution in [0.4, 0.5) is 0 Å². The number of hydrogen-bond acceptors (Lipinski definition) is 3. The molecule has 0 aliphatic carbocycles. The number of nitrogens with zero attached hydrogens (tertiary/aromatic N) is 1. The van der Waals surface area contributed by atoms with Gasteiger partial charge in [0, 0.05) is 5.92 Å². The number of H-pyrrole nitrogens is 3. The molecule has 0 saturated heterocycles. The van der Waals surface area contributed by atoms with Crippen LogP contribution < -0.4 is 5.69 Å². The summed E-state index contributed by atoms with van der Waals surface area (Å²) in [5.41, 5.74) is 0.870. The molecule has 0 aromatic carbocycles. The van der Waals surface area contributed by atoms with E-state index in [0.717, 1.165) is 5.82 Å². The highest BCUT2D eigenvalue weighted by Gasteiger charge is 2.07. The molecule has 0 radical (unpaired) electrons. The van der Waals surface area contributed by atoms with Crippen LogP contribution >= 0.6 is 12.2 Å². The summed E-state index contributed by atoms with van der Waals surface area (Å²) >= 11 is 4.99. The van der Waals surface area contributed by atoms with Gasteiger partial charge in [0.15, 0.2) is 5.65 Å². The fourth-order valence-corrected chi connectivity index (χ4v) is 1.46. The van der Waals surface area contributed by atoms with Gasteiger partial charge in [-0.15, -0.1) is 0 Å². The average molecular weight is 210 g/mol. The molecule has 3 N–H and O–H groups in total. The Morgan fingerprint density at radius 1 is 1.29 bits per heavy atom. The fraction of sp³-hybridized carbons (Fsp3) is 0.375. The maximum absolute atomic E-state index is 11.1. The predicted octanol–water partition coefficient (Wildman–Crippen LogP) is 1.43. The molecule has 0 unspecified atom stereocenters. The normalized spacial score (nSPS) is 11.4. The summed E-state index contributed by atoms with van der Waals surface area (Å²) in [5, 5.41) is 0. The molecule has 0 aliphatic heterocycles. The molecule has 0 saturated carbocycles. The van der Waals surface area contributed by atoms with Crippen LogP contribution in [0, 0.1) is 4.64 Å². The number of rotatable bonds is 1. The highest BCUT2D eigenvalue weighted by Crippen LogP contribution is 2.14. The van der Waals surface area contributed by atoms with Gasteiger partial charge in [-0.1, -0.05) is 26.1 Å². The highest BCUT2D eigenvalue weighted by atomic mass is 32.1. The zero-order valence-electron chi connectivity index (χ0n) is 7.84. The van der Waals surface area contributed by atoms with E-state index in [-0.39, 0.29) is 11.6 Å². The van der Waals surface area contributed by atoms with Crippen molar-refractivity contribution in [3.63, 3.8) is 0 Å². The van der Waals surface area contributed by atoms with Gasteiger partial charge < -0.3 is 4.98 Å². The lowest BCUT2D eigenvalue weighted by Gasteiger charge is -1.95. The third-order valence-electron chi connectivity index (χ3n) is 1.96. The monoisotopic (exact) mass is 210 g/mol. The lowest BCUT2D eigenvalue weighted by atomic mass is 10.2. The smallest absolute Gasteiger partial charge is 0.325 e. The third-order valence-corrected chi connectivity index (χ3v) is 2.26. The molecule has 0 bridgehead atoms. The van der Waals surface area contributed by atoms with Crippen molar-refractivity contribution in [2.24, 2.45) is 0 Å². The first kappa shape index (κ1) is 9.14. The summed E-state index contributed by atoms with van der Waals surface area (Å²) in [6.45, 7) is 4.03. The lowest BCUT2D eigenvalue weighted by molar-refractivity contribution is 0.798. The third kappa shape index (κ3) is 1.37. The van der Waals surface area contributed by atoms with Crippen LogP contribution in [0.1, 0.15) is 25.6 Å². The Morgan fingerprint density at radius 2 is 2.00 bits per heavy atom. The van der Waals surface area contributed by atoms with Gasteiger partial charge in [0.05, 0.1) is 0 Å². The number of aromatic amines is 3. The number of hydrogen-bond donors (Lipinski definition) is 3. The van der Waals surface area contributed by atoms with Gasteiger partial charge in [0.1, 0.15) is 16.0 Å². The standard InChI is InChI=1S/C8H10N4OS/c1-3(2)5-9-4-6(10-5)11-8(13)12-7(4)14/h3H,1-2H3,(H3,9,10,11,12,13,14). The second-order valence-electron chi connectivity index (χ2n) is 3.41. The minimum absolute atomic E-state index is 0.278. The van der Waals surface area contributed by atoms with E-state index in [1.165, 1.54) is 0 Å². The van der Waals surface area contributed by atoms with Crippen LogP contribution in [0.5, 0.6) is 0 Å². The second-order valence-corrected chi connectivity index (χ2v) is 3.82. The summed E-state index contributed by atoms with van der Waals surface area (Å²) in [6, 6.07) is 0. The van der Waals surface area contributed by atoms with E-state index < -0.39 is 0 Å². The summed E-state index contributed by atoms with van der Waals surface area (Å²) in [7, 11) is 0. The zero-order chi connectivity index (χ0) is 10.3. The van der Waals surface area contributed by atoms with Crippen molar-refractivity contribution in [3.8, 4) is 0 Å². The molecule has 0 amide bonds. The molecule has 2 aromatic heterocycles. The average Bonchev–Trinajstić information content (AvgIpc) is 2.47. The van der Waals surface area contributed by atoms with Crippen LogP contribution in [0.2, 0.25) is 0 Å². The molecular weight excluding hydrogens is 200 g/mol. The van der Waals surface area contributed by atoms with Crippen LogP contribution in [0.3, 0.4) is 0 Å². The topological polar surface area (TPSA) is 77.3 Å². The predicted molar refractivity (Wildman–Crippen MR) is 56.0 cm³/mol. The van der Waals surface area contributed by atoms with Crippen molar-refractivity contribution in [3.05, 3.63) is 20.9 Å². The highest BCUT2D eigenvalue weighted by molar-refractivity contribution is 7.71. The van der Waals surface area contributed by atoms with Crippen LogP contribution in [0.25, 0.3) is 11.2 Å². The maximum Gasteiger partial charge on any atom is 0.325 e. The van der Waals surface area contributed by atoms with Crippen molar-refractivity contribution < 1.29 is 0 Å². The fourth-order valence-electron chi connectivity index (χ4n) is 1.22. The van der Waals surface area contributed by atoms with E-state index in [9.17, 15) is 4.79 Å². The molecule has 0 spiro atoms. The molecule has 0 atom stereocenters. The summed E-state index contributed by atoms with van der Waals surface area (Å²) in [4.78, 5) is 23.4. The van der Waals surface area contributed by atoms with Crippen LogP contribution in [-0.4, -0.2) is 19.9 Å². The summed E-state index contributed by atoms with van der Waals surface area (Å²) in [6.07, 6.45) is 0. The number of nitrogens with one attached hydrogen (secondary N) is 3. The Kier molecular flexibility index (Phi) is 1.99. The van der Waals surface area contributed by atoms with E-state index in [1.807, 2.05) is 13.8 Å². The minimum Gasteiger partial charge on any atom is -0.338 e. The summed E-state index contributed by atoms with van der Waals surface area (Å²) in [5.74, 6) is 1.10. The van der Waals surface area contributed by atoms with Gasteiger partial charge in [-0.25, -0.2) is 9.78 Å². The van der Waals surface area contributed by atoms with Gasteiger partial charge in [0.25, 0.3) is 0 Å². The Balaban J connectivity index is 2.84.